The maximum absolute atomic E-state index is 12.0. The van der Waals surface area contributed by atoms with Gasteiger partial charge in [0.1, 0.15) is 5.76 Å². The highest BCUT2D eigenvalue weighted by Gasteiger charge is 2.37. The van der Waals surface area contributed by atoms with E-state index in [-0.39, 0.29) is 17.7 Å². The number of amides is 1. The van der Waals surface area contributed by atoms with Crippen LogP contribution in [0.4, 0.5) is 0 Å². The maximum Gasteiger partial charge on any atom is 0.224 e. The number of carbonyl (C=O) groups is 1. The van der Waals surface area contributed by atoms with E-state index in [0.717, 1.165) is 36.7 Å². The monoisotopic (exact) mass is 281 g/mol. The molecule has 1 N–H and O–H groups in total. The number of hydrogen-bond donors (Lipinski definition) is 1. The molecule has 112 valence electrons. The van der Waals surface area contributed by atoms with Gasteiger partial charge < -0.3 is 14.6 Å². The number of ether oxygens (including phenoxy) is 1. The van der Waals surface area contributed by atoms with Crippen LogP contribution in [0.25, 0.3) is 0 Å². The number of nitrogens with zero attached hydrogens (tertiary/aromatic N) is 2. The normalized spacial score (nSPS) is 23.2. The zero-order chi connectivity index (χ0) is 14.7. The van der Waals surface area contributed by atoms with Crippen molar-refractivity contribution in [1.29, 1.82) is 0 Å². The van der Waals surface area contributed by atoms with Crippen LogP contribution in [0.5, 0.6) is 0 Å². The summed E-state index contributed by atoms with van der Waals surface area (Å²) in [6.07, 6.45) is 0. The van der Waals surface area contributed by atoms with Gasteiger partial charge in [-0.3, -0.25) is 9.69 Å². The van der Waals surface area contributed by atoms with Gasteiger partial charge in [0.05, 0.1) is 18.2 Å². The van der Waals surface area contributed by atoms with Crippen LogP contribution in [-0.2, 0) is 16.1 Å². The molecule has 1 aliphatic heterocycles. The Bertz CT molecular complexity index is 453. The Labute approximate surface area is 119 Å². The Kier molecular flexibility index (Phi) is 4.77. The highest BCUT2D eigenvalue weighted by molar-refractivity contribution is 5.79. The van der Waals surface area contributed by atoms with Crippen molar-refractivity contribution in [2.45, 2.75) is 20.4 Å². The van der Waals surface area contributed by atoms with Crippen LogP contribution >= 0.6 is 0 Å². The zero-order valence-corrected chi connectivity index (χ0v) is 12.6. The average molecular weight is 281 g/mol. The Morgan fingerprint density at radius 1 is 1.50 bits per heavy atom. The number of aromatic nitrogens is 1. The lowest BCUT2D eigenvalue weighted by molar-refractivity contribution is -0.125. The molecule has 6 nitrogen and oxygen atoms in total. The molecule has 0 saturated carbocycles. The molecule has 2 heterocycles. The number of aryl methyl sites for hydroxylation is 2. The third-order valence-electron chi connectivity index (χ3n) is 4.04. The van der Waals surface area contributed by atoms with E-state index < -0.39 is 0 Å². The summed E-state index contributed by atoms with van der Waals surface area (Å²) in [5.74, 6) is 1.17. The summed E-state index contributed by atoms with van der Waals surface area (Å²) in [4.78, 5) is 14.2. The Morgan fingerprint density at radius 2 is 2.25 bits per heavy atom. The van der Waals surface area contributed by atoms with Gasteiger partial charge in [0.25, 0.3) is 0 Å². The van der Waals surface area contributed by atoms with Crippen molar-refractivity contribution >= 4 is 5.91 Å². The number of carbonyl (C=O) groups excluding carboxylic acids is 1. The van der Waals surface area contributed by atoms with E-state index in [9.17, 15) is 4.79 Å². The second kappa shape index (κ2) is 6.37. The first-order valence-corrected chi connectivity index (χ1v) is 6.91. The quantitative estimate of drug-likeness (QED) is 0.862. The molecule has 2 atom stereocenters. The largest absolute Gasteiger partial charge is 0.384 e. The summed E-state index contributed by atoms with van der Waals surface area (Å²) in [6.45, 7) is 6.86. The lowest BCUT2D eigenvalue weighted by atomic mass is 9.96. The van der Waals surface area contributed by atoms with Crippen molar-refractivity contribution in [3.05, 3.63) is 17.0 Å². The van der Waals surface area contributed by atoms with Crippen molar-refractivity contribution in [1.82, 2.24) is 15.4 Å². The molecule has 0 spiro atoms. The van der Waals surface area contributed by atoms with Gasteiger partial charge in [0.2, 0.25) is 5.91 Å². The number of likely N-dealkylation sites (tertiary alicyclic amines) is 1. The molecule has 2 rings (SSSR count). The first-order chi connectivity index (χ1) is 9.56. The third kappa shape index (κ3) is 3.02. The third-order valence-corrected chi connectivity index (χ3v) is 4.04. The number of methoxy groups -OCH3 is 1. The van der Waals surface area contributed by atoms with E-state index in [4.69, 9.17) is 9.26 Å². The van der Waals surface area contributed by atoms with Gasteiger partial charge >= 0.3 is 0 Å². The molecule has 20 heavy (non-hydrogen) atoms. The first-order valence-electron chi connectivity index (χ1n) is 6.91. The standard InChI is InChI=1S/C14H23N3O3/c1-9-12(10(2)20-16-9)6-17-5-11(8-19-4)13(7-17)14(18)15-3/h11,13H,5-8H2,1-4H3,(H,15,18)/t11-,13+/m0/s1. The molecule has 0 unspecified atom stereocenters. The number of hydrogen-bond acceptors (Lipinski definition) is 5. The van der Waals surface area contributed by atoms with Crippen molar-refractivity contribution < 1.29 is 14.1 Å². The van der Waals surface area contributed by atoms with Gasteiger partial charge in [-0.25, -0.2) is 0 Å². The fourth-order valence-corrected chi connectivity index (χ4v) is 2.91. The van der Waals surface area contributed by atoms with Crippen LogP contribution in [0, 0.1) is 25.7 Å². The van der Waals surface area contributed by atoms with Gasteiger partial charge in [-0.1, -0.05) is 5.16 Å². The summed E-state index contributed by atoms with van der Waals surface area (Å²) in [5, 5.41) is 6.72. The van der Waals surface area contributed by atoms with Crippen LogP contribution < -0.4 is 5.32 Å². The summed E-state index contributed by atoms with van der Waals surface area (Å²) >= 11 is 0. The molecule has 0 aliphatic carbocycles. The first kappa shape index (κ1) is 15.0. The Hall–Kier alpha value is -1.40. The molecule has 6 heteroatoms. The van der Waals surface area contributed by atoms with Crippen LogP contribution in [0.1, 0.15) is 17.0 Å². The highest BCUT2D eigenvalue weighted by Crippen LogP contribution is 2.26. The molecule has 1 aliphatic rings. The Balaban J connectivity index is 2.06. The smallest absolute Gasteiger partial charge is 0.224 e. The lowest BCUT2D eigenvalue weighted by Crippen LogP contribution is -2.34. The maximum atomic E-state index is 12.0. The SMILES string of the molecule is CNC(=O)[C@@H]1CN(Cc2c(C)noc2C)C[C@H]1COC. The fourth-order valence-electron chi connectivity index (χ4n) is 2.91. The van der Waals surface area contributed by atoms with E-state index in [2.05, 4.69) is 15.4 Å². The molecule has 1 aromatic heterocycles. The molecule has 1 fully saturated rings. The van der Waals surface area contributed by atoms with Crippen molar-refractivity contribution in [2.75, 3.05) is 33.9 Å². The topological polar surface area (TPSA) is 67.6 Å². The number of rotatable bonds is 5. The predicted octanol–water partition coefficient (Wildman–Crippen LogP) is 0.732. The summed E-state index contributed by atoms with van der Waals surface area (Å²) in [5.41, 5.74) is 2.05. The van der Waals surface area contributed by atoms with Crippen LogP contribution in [0.15, 0.2) is 4.52 Å². The van der Waals surface area contributed by atoms with Gasteiger partial charge in [-0.15, -0.1) is 0 Å². The lowest BCUT2D eigenvalue weighted by Gasteiger charge is -2.15. The molecule has 0 radical (unpaired) electrons. The fraction of sp³-hybridized carbons (Fsp3) is 0.714. The second-order valence-corrected chi connectivity index (χ2v) is 5.43. The van der Waals surface area contributed by atoms with Crippen molar-refractivity contribution in [3.63, 3.8) is 0 Å². The van der Waals surface area contributed by atoms with Gasteiger partial charge in [0, 0.05) is 45.3 Å². The molecular weight excluding hydrogens is 258 g/mol. The minimum atomic E-state index is -0.0135. The zero-order valence-electron chi connectivity index (χ0n) is 12.6. The molecular formula is C14H23N3O3. The van der Waals surface area contributed by atoms with E-state index in [1.165, 1.54) is 0 Å². The minimum Gasteiger partial charge on any atom is -0.384 e. The molecule has 0 aromatic carbocycles. The summed E-state index contributed by atoms with van der Waals surface area (Å²) < 4.78 is 10.4. The molecule has 1 aromatic rings. The van der Waals surface area contributed by atoms with Gasteiger partial charge in [-0.05, 0) is 13.8 Å². The predicted molar refractivity (Wildman–Crippen MR) is 74.2 cm³/mol. The van der Waals surface area contributed by atoms with Crippen molar-refractivity contribution in [2.24, 2.45) is 11.8 Å². The average Bonchev–Trinajstić information content (AvgIpc) is 2.97. The van der Waals surface area contributed by atoms with E-state index in [1.54, 1.807) is 14.2 Å². The Morgan fingerprint density at radius 3 is 2.80 bits per heavy atom. The second-order valence-electron chi connectivity index (χ2n) is 5.43. The highest BCUT2D eigenvalue weighted by atomic mass is 16.5. The number of nitrogens with one attached hydrogen (secondary N) is 1. The molecule has 1 amide bonds. The molecule has 1 saturated heterocycles. The summed E-state index contributed by atoms with van der Waals surface area (Å²) in [6, 6.07) is 0. The van der Waals surface area contributed by atoms with E-state index >= 15 is 0 Å². The van der Waals surface area contributed by atoms with Gasteiger partial charge in [-0.2, -0.15) is 0 Å². The van der Waals surface area contributed by atoms with E-state index in [0.29, 0.717) is 6.61 Å². The molecule has 0 bridgehead atoms. The van der Waals surface area contributed by atoms with Crippen LogP contribution in [0.2, 0.25) is 0 Å². The summed E-state index contributed by atoms with van der Waals surface area (Å²) in [7, 11) is 3.36. The van der Waals surface area contributed by atoms with Crippen LogP contribution in [-0.4, -0.2) is 49.8 Å². The van der Waals surface area contributed by atoms with Crippen molar-refractivity contribution in [3.8, 4) is 0 Å². The van der Waals surface area contributed by atoms with Gasteiger partial charge in [0.15, 0.2) is 0 Å². The van der Waals surface area contributed by atoms with E-state index in [1.807, 2.05) is 13.8 Å². The minimum absolute atomic E-state index is 0.0135. The van der Waals surface area contributed by atoms with Crippen LogP contribution in [0.3, 0.4) is 0 Å².